The van der Waals surface area contributed by atoms with Crippen LogP contribution in [0.15, 0.2) is 42.5 Å². The van der Waals surface area contributed by atoms with E-state index in [4.69, 9.17) is 21.3 Å². The number of rotatable bonds is 6. The Balaban J connectivity index is 2.36. The highest BCUT2D eigenvalue weighted by molar-refractivity contribution is 6.30. The summed E-state index contributed by atoms with van der Waals surface area (Å²) in [5, 5.41) is 14.7. The molecule has 1 unspecified atom stereocenters. The second-order valence-electron chi connectivity index (χ2n) is 8.34. The van der Waals surface area contributed by atoms with Crippen molar-refractivity contribution < 1.29 is 14.6 Å². The van der Waals surface area contributed by atoms with Crippen LogP contribution in [0.1, 0.15) is 43.7 Å². The number of aromatic nitrogens is 1. The van der Waals surface area contributed by atoms with E-state index in [2.05, 4.69) is 5.32 Å². The summed E-state index contributed by atoms with van der Waals surface area (Å²) in [4.78, 5) is 17.0. The lowest BCUT2D eigenvalue weighted by Gasteiger charge is -2.28. The third-order valence-corrected chi connectivity index (χ3v) is 5.00. The predicted molar refractivity (Wildman–Crippen MR) is 121 cm³/mol. The van der Waals surface area contributed by atoms with Gasteiger partial charge in [0.1, 0.15) is 0 Å². The van der Waals surface area contributed by atoms with E-state index in [9.17, 15) is 9.90 Å². The Kier molecular flexibility index (Phi) is 6.46. The molecule has 0 saturated heterocycles. The van der Waals surface area contributed by atoms with Crippen molar-refractivity contribution in [1.82, 2.24) is 10.3 Å². The molecule has 0 bridgehead atoms. The third-order valence-electron chi connectivity index (χ3n) is 4.75. The Bertz CT molecular complexity index is 1070. The molecule has 1 aromatic heterocycles. The SMILES string of the molecule is CNCc1ccc2c(-c3ccc(Cl)cc3)c(C(OC(C)(C)C)C(=O)O)c(C)cc2n1. The van der Waals surface area contributed by atoms with Crippen molar-refractivity contribution in [3.05, 3.63) is 64.3 Å². The number of ether oxygens (including phenoxy) is 1. The fourth-order valence-corrected chi connectivity index (χ4v) is 3.72. The van der Waals surface area contributed by atoms with Crippen LogP contribution < -0.4 is 5.32 Å². The number of pyridine rings is 1. The lowest BCUT2D eigenvalue weighted by atomic mass is 9.88. The average molecular weight is 427 g/mol. The Labute approximate surface area is 182 Å². The molecule has 0 aliphatic carbocycles. The fraction of sp³-hybridized carbons (Fsp3) is 0.333. The van der Waals surface area contributed by atoms with Gasteiger partial charge in [0.25, 0.3) is 0 Å². The minimum atomic E-state index is -1.11. The molecule has 0 aliphatic rings. The van der Waals surface area contributed by atoms with Crippen LogP contribution in [0.25, 0.3) is 22.0 Å². The summed E-state index contributed by atoms with van der Waals surface area (Å²) >= 11 is 6.11. The monoisotopic (exact) mass is 426 g/mol. The van der Waals surface area contributed by atoms with Crippen LogP contribution >= 0.6 is 11.6 Å². The number of fused-ring (bicyclic) bond motifs is 1. The molecule has 2 N–H and O–H groups in total. The third kappa shape index (κ3) is 4.81. The molecule has 0 fully saturated rings. The summed E-state index contributed by atoms with van der Waals surface area (Å²) in [5.74, 6) is -1.03. The molecule has 0 saturated carbocycles. The number of carbonyl (C=O) groups is 1. The van der Waals surface area contributed by atoms with Gasteiger partial charge >= 0.3 is 5.97 Å². The van der Waals surface area contributed by atoms with Gasteiger partial charge in [0.2, 0.25) is 0 Å². The summed E-state index contributed by atoms with van der Waals surface area (Å²) in [6.45, 7) is 8.12. The molecule has 3 rings (SSSR count). The molecule has 0 aliphatic heterocycles. The van der Waals surface area contributed by atoms with Gasteiger partial charge in [-0.15, -0.1) is 0 Å². The van der Waals surface area contributed by atoms with Crippen molar-refractivity contribution in [2.45, 2.75) is 45.9 Å². The highest BCUT2D eigenvalue weighted by Gasteiger charge is 2.31. The lowest BCUT2D eigenvalue weighted by molar-refractivity contribution is -0.160. The van der Waals surface area contributed by atoms with Crippen molar-refractivity contribution in [2.24, 2.45) is 0 Å². The molecule has 5 nitrogen and oxygen atoms in total. The van der Waals surface area contributed by atoms with E-state index < -0.39 is 17.7 Å². The van der Waals surface area contributed by atoms with Gasteiger partial charge in [0.15, 0.2) is 6.10 Å². The zero-order valence-corrected chi connectivity index (χ0v) is 18.7. The van der Waals surface area contributed by atoms with Gasteiger partial charge in [-0.3, -0.25) is 4.98 Å². The van der Waals surface area contributed by atoms with E-state index in [0.717, 1.165) is 33.3 Å². The summed E-state index contributed by atoms with van der Waals surface area (Å²) in [6.07, 6.45) is -1.11. The molecule has 158 valence electrons. The van der Waals surface area contributed by atoms with Crippen molar-refractivity contribution in [3.8, 4) is 11.1 Å². The highest BCUT2D eigenvalue weighted by atomic mass is 35.5. The number of benzene rings is 2. The largest absolute Gasteiger partial charge is 0.479 e. The number of carboxylic acids is 1. The summed E-state index contributed by atoms with van der Waals surface area (Å²) in [5.41, 5.74) is 4.23. The Hall–Kier alpha value is -2.47. The minimum absolute atomic E-state index is 0.618. The predicted octanol–water partition coefficient (Wildman–Crippen LogP) is 5.52. The van der Waals surface area contributed by atoms with E-state index in [-0.39, 0.29) is 0 Å². The molecular formula is C24H27ClN2O3. The summed E-state index contributed by atoms with van der Waals surface area (Å²) < 4.78 is 6.01. The van der Waals surface area contributed by atoms with Crippen molar-refractivity contribution in [3.63, 3.8) is 0 Å². The number of hydrogen-bond acceptors (Lipinski definition) is 4. The first-order valence-corrected chi connectivity index (χ1v) is 10.2. The number of halogens is 1. The molecule has 2 aromatic carbocycles. The maximum absolute atomic E-state index is 12.3. The Morgan fingerprint density at radius 1 is 1.20 bits per heavy atom. The lowest BCUT2D eigenvalue weighted by Crippen LogP contribution is -2.28. The maximum atomic E-state index is 12.3. The Morgan fingerprint density at radius 2 is 1.87 bits per heavy atom. The molecule has 1 atom stereocenters. The van der Waals surface area contributed by atoms with E-state index in [0.29, 0.717) is 17.1 Å². The minimum Gasteiger partial charge on any atom is -0.479 e. The number of hydrogen-bond donors (Lipinski definition) is 2. The molecule has 3 aromatic rings. The summed E-state index contributed by atoms with van der Waals surface area (Å²) in [7, 11) is 1.88. The number of aliphatic carboxylic acids is 1. The molecule has 6 heteroatoms. The zero-order chi connectivity index (χ0) is 22.1. The normalized spacial score (nSPS) is 12.9. The molecule has 0 spiro atoms. The van der Waals surface area contributed by atoms with Crippen molar-refractivity contribution in [1.29, 1.82) is 0 Å². The van der Waals surface area contributed by atoms with Gasteiger partial charge in [0, 0.05) is 22.5 Å². The van der Waals surface area contributed by atoms with Crippen LogP contribution in [-0.2, 0) is 16.1 Å². The van der Waals surface area contributed by atoms with Crippen molar-refractivity contribution in [2.75, 3.05) is 7.05 Å². The van der Waals surface area contributed by atoms with Gasteiger partial charge in [-0.2, -0.15) is 0 Å². The van der Waals surface area contributed by atoms with E-state index in [1.807, 2.05) is 65.1 Å². The van der Waals surface area contributed by atoms with Crippen LogP contribution in [-0.4, -0.2) is 28.7 Å². The van der Waals surface area contributed by atoms with Crippen molar-refractivity contribution >= 4 is 28.5 Å². The van der Waals surface area contributed by atoms with Crippen LogP contribution in [0.2, 0.25) is 5.02 Å². The molecule has 0 radical (unpaired) electrons. The highest BCUT2D eigenvalue weighted by Crippen LogP contribution is 2.40. The van der Waals surface area contributed by atoms with E-state index in [1.54, 1.807) is 12.1 Å². The smallest absolute Gasteiger partial charge is 0.337 e. The number of nitrogens with one attached hydrogen (secondary N) is 1. The van der Waals surface area contributed by atoms with Crippen LogP contribution in [0.4, 0.5) is 0 Å². The number of carboxylic acid groups (broad SMARTS) is 1. The first-order valence-electron chi connectivity index (χ1n) is 9.85. The second-order valence-corrected chi connectivity index (χ2v) is 8.77. The van der Waals surface area contributed by atoms with Gasteiger partial charge in [-0.25, -0.2) is 4.79 Å². The molecule has 0 amide bonds. The standard InChI is InChI=1S/C24H27ClN2O3/c1-14-12-19-18(11-10-17(27-19)13-26-5)21(15-6-8-16(25)9-7-15)20(14)22(23(28)29)30-24(2,3)4/h6-12,22,26H,13H2,1-5H3,(H,28,29). The average Bonchev–Trinajstić information content (AvgIpc) is 2.65. The van der Waals surface area contributed by atoms with E-state index in [1.165, 1.54) is 0 Å². The summed E-state index contributed by atoms with van der Waals surface area (Å²) in [6, 6.07) is 13.3. The zero-order valence-electron chi connectivity index (χ0n) is 17.9. The van der Waals surface area contributed by atoms with Gasteiger partial charge in [-0.05, 0) is 75.7 Å². The number of nitrogens with zero attached hydrogens (tertiary/aromatic N) is 1. The number of aryl methyl sites for hydroxylation is 1. The van der Waals surface area contributed by atoms with Crippen LogP contribution in [0.5, 0.6) is 0 Å². The van der Waals surface area contributed by atoms with Crippen LogP contribution in [0, 0.1) is 6.92 Å². The van der Waals surface area contributed by atoms with Gasteiger partial charge in [-0.1, -0.05) is 29.8 Å². The van der Waals surface area contributed by atoms with E-state index >= 15 is 0 Å². The second kappa shape index (κ2) is 8.72. The van der Waals surface area contributed by atoms with Crippen LogP contribution in [0.3, 0.4) is 0 Å². The first-order chi connectivity index (χ1) is 14.1. The topological polar surface area (TPSA) is 71.5 Å². The van der Waals surface area contributed by atoms with Gasteiger partial charge in [0.05, 0.1) is 16.8 Å². The molecule has 30 heavy (non-hydrogen) atoms. The fourth-order valence-electron chi connectivity index (χ4n) is 3.59. The molecular weight excluding hydrogens is 400 g/mol. The first kappa shape index (κ1) is 22.2. The van der Waals surface area contributed by atoms with Gasteiger partial charge < -0.3 is 15.2 Å². The quantitative estimate of drug-likeness (QED) is 0.542. The molecule has 1 heterocycles. The maximum Gasteiger partial charge on any atom is 0.337 e. The Morgan fingerprint density at radius 3 is 2.43 bits per heavy atom.